The fourth-order valence-electron chi connectivity index (χ4n) is 2.73. The van der Waals surface area contributed by atoms with Crippen molar-refractivity contribution in [2.24, 2.45) is 5.92 Å². The third-order valence-corrected chi connectivity index (χ3v) is 4.31. The predicted octanol–water partition coefficient (Wildman–Crippen LogP) is 1.60. The smallest absolute Gasteiger partial charge is 0.309 e. The number of fused-ring (bicyclic) bond motifs is 1. The Hall–Kier alpha value is -2.41. The minimum Gasteiger partial charge on any atom is -0.469 e. The number of esters is 1. The maximum atomic E-state index is 12.3. The molecule has 24 heavy (non-hydrogen) atoms. The number of halogens is 1. The second-order valence-corrected chi connectivity index (χ2v) is 6.05. The predicted molar refractivity (Wildman–Crippen MR) is 86.5 cm³/mol. The van der Waals surface area contributed by atoms with E-state index in [1.165, 1.54) is 7.11 Å². The van der Waals surface area contributed by atoms with Crippen molar-refractivity contribution in [2.45, 2.75) is 25.9 Å². The van der Waals surface area contributed by atoms with Crippen LogP contribution in [0.2, 0.25) is 5.02 Å². The first kappa shape index (κ1) is 16.4. The molecule has 126 valence electrons. The van der Waals surface area contributed by atoms with Crippen LogP contribution in [-0.4, -0.2) is 33.8 Å². The molecule has 2 aromatic rings. The normalized spacial score (nSPS) is 16.3. The lowest BCUT2D eigenvalue weighted by Gasteiger charge is -2.21. The van der Waals surface area contributed by atoms with E-state index >= 15 is 0 Å². The fraction of sp³-hybridized carbons (Fsp3) is 0.375. The van der Waals surface area contributed by atoms with Gasteiger partial charge in [-0.1, -0.05) is 23.7 Å². The summed E-state index contributed by atoms with van der Waals surface area (Å²) >= 11 is 5.84. The number of carbonyl (C=O) groups excluding carboxylic acids is 2. The van der Waals surface area contributed by atoms with Crippen molar-refractivity contribution >= 4 is 23.5 Å². The van der Waals surface area contributed by atoms with Gasteiger partial charge < -0.3 is 14.6 Å². The molecule has 1 aliphatic rings. The maximum Gasteiger partial charge on any atom is 0.309 e. The van der Waals surface area contributed by atoms with Crippen LogP contribution in [0, 0.1) is 5.92 Å². The number of amides is 1. The van der Waals surface area contributed by atoms with E-state index in [0.29, 0.717) is 36.8 Å². The van der Waals surface area contributed by atoms with Gasteiger partial charge in [0.05, 0.1) is 13.0 Å². The van der Waals surface area contributed by atoms with Crippen molar-refractivity contribution in [1.29, 1.82) is 0 Å². The number of nitrogens with one attached hydrogen (secondary N) is 1. The monoisotopic (exact) mass is 348 g/mol. The van der Waals surface area contributed by atoms with Crippen molar-refractivity contribution in [2.75, 3.05) is 7.11 Å². The second kappa shape index (κ2) is 7.00. The Morgan fingerprint density at radius 2 is 2.08 bits per heavy atom. The molecule has 1 atom stereocenters. The van der Waals surface area contributed by atoms with Crippen LogP contribution >= 0.6 is 11.6 Å². The average molecular weight is 349 g/mol. The number of benzene rings is 1. The van der Waals surface area contributed by atoms with Gasteiger partial charge in [-0.15, -0.1) is 10.2 Å². The maximum absolute atomic E-state index is 12.3. The Labute approximate surface area is 144 Å². The van der Waals surface area contributed by atoms with E-state index in [1.54, 1.807) is 16.7 Å². The third-order valence-electron chi connectivity index (χ3n) is 4.06. The molecular weight excluding hydrogens is 332 g/mol. The van der Waals surface area contributed by atoms with Crippen LogP contribution in [0.5, 0.6) is 0 Å². The van der Waals surface area contributed by atoms with Crippen LogP contribution in [0.1, 0.15) is 28.4 Å². The average Bonchev–Trinajstić information content (AvgIpc) is 3.03. The first-order valence-corrected chi connectivity index (χ1v) is 7.99. The topological polar surface area (TPSA) is 86.1 Å². The summed E-state index contributed by atoms with van der Waals surface area (Å²) in [6, 6.07) is 7.25. The molecule has 0 aliphatic carbocycles. The first-order valence-electron chi connectivity index (χ1n) is 7.61. The third kappa shape index (κ3) is 3.41. The van der Waals surface area contributed by atoms with Crippen LogP contribution in [0.25, 0.3) is 0 Å². The first-order chi connectivity index (χ1) is 11.6. The molecule has 1 amide bonds. The van der Waals surface area contributed by atoms with Gasteiger partial charge in [-0.05, 0) is 24.1 Å². The summed E-state index contributed by atoms with van der Waals surface area (Å²) in [4.78, 5) is 24.0. The molecular formula is C16H17ClN4O3. The van der Waals surface area contributed by atoms with Gasteiger partial charge in [0.15, 0.2) is 0 Å². The lowest BCUT2D eigenvalue weighted by Crippen LogP contribution is -2.31. The number of ether oxygens (including phenoxy) is 1. The highest BCUT2D eigenvalue weighted by atomic mass is 35.5. The Morgan fingerprint density at radius 3 is 2.79 bits per heavy atom. The van der Waals surface area contributed by atoms with Crippen molar-refractivity contribution in [3.05, 3.63) is 46.5 Å². The zero-order valence-electron chi connectivity index (χ0n) is 13.2. The summed E-state index contributed by atoms with van der Waals surface area (Å²) in [5, 5.41) is 11.5. The minimum absolute atomic E-state index is 0.225. The highest BCUT2D eigenvalue weighted by molar-refractivity contribution is 6.30. The zero-order chi connectivity index (χ0) is 17.1. The summed E-state index contributed by atoms with van der Waals surface area (Å²) in [5.41, 5.74) is 0.942. The van der Waals surface area contributed by atoms with E-state index < -0.39 is 0 Å². The number of nitrogens with zero attached hydrogens (tertiary/aromatic N) is 3. The van der Waals surface area contributed by atoms with Gasteiger partial charge in [-0.25, -0.2) is 0 Å². The number of hydrogen-bond donors (Lipinski definition) is 1. The lowest BCUT2D eigenvalue weighted by molar-refractivity contribution is -0.146. The van der Waals surface area contributed by atoms with Gasteiger partial charge in [0.25, 0.3) is 5.91 Å². The van der Waals surface area contributed by atoms with Crippen molar-refractivity contribution in [3.8, 4) is 0 Å². The fourth-order valence-corrected chi connectivity index (χ4v) is 2.85. The Bertz CT molecular complexity index is 757. The molecule has 0 bridgehead atoms. The molecule has 0 radical (unpaired) electrons. The molecule has 1 aromatic heterocycles. The summed E-state index contributed by atoms with van der Waals surface area (Å²) in [6.45, 7) is 0.898. The molecule has 0 spiro atoms. The molecule has 1 aromatic carbocycles. The van der Waals surface area contributed by atoms with E-state index in [2.05, 4.69) is 15.5 Å². The van der Waals surface area contributed by atoms with Gasteiger partial charge in [0.1, 0.15) is 5.82 Å². The summed E-state index contributed by atoms with van der Waals surface area (Å²) < 4.78 is 6.53. The van der Waals surface area contributed by atoms with Crippen molar-refractivity contribution in [1.82, 2.24) is 20.1 Å². The second-order valence-electron chi connectivity index (χ2n) is 5.61. The van der Waals surface area contributed by atoms with E-state index in [-0.39, 0.29) is 23.6 Å². The zero-order valence-corrected chi connectivity index (χ0v) is 13.9. The van der Waals surface area contributed by atoms with Crippen LogP contribution in [-0.2, 0) is 29.0 Å². The molecule has 7 nitrogen and oxygen atoms in total. The number of rotatable bonds is 4. The van der Waals surface area contributed by atoms with Crippen LogP contribution < -0.4 is 5.32 Å². The van der Waals surface area contributed by atoms with Gasteiger partial charge in [-0.2, -0.15) is 0 Å². The molecule has 0 fully saturated rings. The van der Waals surface area contributed by atoms with Gasteiger partial charge >= 0.3 is 5.97 Å². The highest BCUT2D eigenvalue weighted by Crippen LogP contribution is 2.21. The SMILES string of the molecule is COC(=O)C1CCn2c(nnc2C(=O)NCc2ccc(Cl)cc2)C1. The van der Waals surface area contributed by atoms with Gasteiger partial charge in [0, 0.05) is 24.5 Å². The standard InChI is InChI=1S/C16H17ClN4O3/c1-24-16(23)11-6-7-21-13(8-11)19-20-14(21)15(22)18-9-10-2-4-12(17)5-3-10/h2-5,11H,6-9H2,1H3,(H,18,22). The lowest BCUT2D eigenvalue weighted by atomic mass is 9.98. The molecule has 0 saturated carbocycles. The minimum atomic E-state index is -0.291. The number of aromatic nitrogens is 3. The van der Waals surface area contributed by atoms with Crippen LogP contribution in [0.15, 0.2) is 24.3 Å². The van der Waals surface area contributed by atoms with Crippen molar-refractivity contribution in [3.63, 3.8) is 0 Å². The van der Waals surface area contributed by atoms with E-state index in [0.717, 1.165) is 5.56 Å². The van der Waals surface area contributed by atoms with Crippen LogP contribution in [0.3, 0.4) is 0 Å². The Balaban J connectivity index is 1.66. The highest BCUT2D eigenvalue weighted by Gasteiger charge is 2.30. The molecule has 8 heteroatoms. The van der Waals surface area contributed by atoms with E-state index in [1.807, 2.05) is 12.1 Å². The van der Waals surface area contributed by atoms with E-state index in [9.17, 15) is 9.59 Å². The molecule has 3 rings (SSSR count). The quantitative estimate of drug-likeness (QED) is 0.848. The molecule has 0 saturated heterocycles. The van der Waals surface area contributed by atoms with Crippen LogP contribution in [0.4, 0.5) is 0 Å². The molecule has 2 heterocycles. The largest absolute Gasteiger partial charge is 0.469 e. The van der Waals surface area contributed by atoms with Gasteiger partial charge in [0.2, 0.25) is 5.82 Å². The van der Waals surface area contributed by atoms with Crippen molar-refractivity contribution < 1.29 is 14.3 Å². The summed E-state index contributed by atoms with van der Waals surface area (Å²) in [5.74, 6) is 0.130. The number of hydrogen-bond acceptors (Lipinski definition) is 5. The van der Waals surface area contributed by atoms with E-state index in [4.69, 9.17) is 16.3 Å². The number of carbonyl (C=O) groups is 2. The molecule has 1 N–H and O–H groups in total. The Kier molecular flexibility index (Phi) is 4.80. The number of methoxy groups -OCH3 is 1. The summed E-state index contributed by atoms with van der Waals surface area (Å²) in [6.07, 6.45) is 1.04. The van der Waals surface area contributed by atoms with Gasteiger partial charge in [-0.3, -0.25) is 9.59 Å². The molecule has 1 aliphatic heterocycles. The Morgan fingerprint density at radius 1 is 1.33 bits per heavy atom. The molecule has 1 unspecified atom stereocenters. The summed E-state index contributed by atoms with van der Waals surface area (Å²) in [7, 11) is 1.37.